The summed E-state index contributed by atoms with van der Waals surface area (Å²) in [6.07, 6.45) is 10.7. The van der Waals surface area contributed by atoms with Gasteiger partial charge in [0, 0.05) is 30.4 Å². The van der Waals surface area contributed by atoms with Crippen molar-refractivity contribution in [3.05, 3.63) is 11.1 Å². The van der Waals surface area contributed by atoms with Crippen LogP contribution in [0, 0.1) is 17.3 Å². The molecule has 1 aromatic rings. The van der Waals surface area contributed by atoms with Gasteiger partial charge in [-0.05, 0) is 55.8 Å². The van der Waals surface area contributed by atoms with Crippen LogP contribution in [-0.4, -0.2) is 24.1 Å². The van der Waals surface area contributed by atoms with E-state index in [0.717, 1.165) is 37.8 Å². The van der Waals surface area contributed by atoms with Gasteiger partial charge < -0.3 is 10.6 Å². The van der Waals surface area contributed by atoms with E-state index in [1.165, 1.54) is 49.4 Å². The number of anilines is 1. The van der Waals surface area contributed by atoms with E-state index in [0.29, 0.717) is 17.4 Å². The van der Waals surface area contributed by atoms with Gasteiger partial charge in [0.1, 0.15) is 0 Å². The van der Waals surface area contributed by atoms with Gasteiger partial charge in [-0.25, -0.2) is 4.98 Å². The van der Waals surface area contributed by atoms with E-state index >= 15 is 0 Å². The van der Waals surface area contributed by atoms with Crippen LogP contribution in [0.2, 0.25) is 0 Å². The topological polar surface area (TPSA) is 42.1 Å². The van der Waals surface area contributed by atoms with Crippen molar-refractivity contribution in [3.8, 4) is 0 Å². The lowest BCUT2D eigenvalue weighted by atomic mass is 9.57. The Morgan fingerprint density at radius 2 is 1.96 bits per heavy atom. The maximum absolute atomic E-state index is 6.04. The van der Waals surface area contributed by atoms with E-state index in [9.17, 15) is 0 Å². The molecule has 0 radical (unpaired) electrons. The first kappa shape index (κ1) is 16.8. The van der Waals surface area contributed by atoms with Crippen LogP contribution in [0.5, 0.6) is 0 Å². The maximum atomic E-state index is 6.04. The third kappa shape index (κ3) is 3.24. The maximum Gasteiger partial charge on any atom is 0.185 e. The van der Waals surface area contributed by atoms with Crippen LogP contribution in [-0.2, 0) is 0 Å². The number of piperidine rings is 1. The van der Waals surface area contributed by atoms with Crippen molar-refractivity contribution in [3.63, 3.8) is 0 Å². The molecule has 2 N–H and O–H groups in total. The summed E-state index contributed by atoms with van der Waals surface area (Å²) in [4.78, 5) is 7.51. The molecule has 0 aromatic carbocycles. The second kappa shape index (κ2) is 6.60. The Bertz CT molecular complexity index is 559. The summed E-state index contributed by atoms with van der Waals surface area (Å²) >= 11 is 1.85. The molecule has 1 aromatic heterocycles. The molecule has 0 spiro atoms. The first-order valence-corrected chi connectivity index (χ1v) is 10.9. The molecule has 24 heavy (non-hydrogen) atoms. The quantitative estimate of drug-likeness (QED) is 0.837. The lowest BCUT2D eigenvalue weighted by molar-refractivity contribution is 0.0327. The Hall–Kier alpha value is -0.610. The highest BCUT2D eigenvalue weighted by Gasteiger charge is 2.42. The number of rotatable bonds is 2. The van der Waals surface area contributed by atoms with Crippen molar-refractivity contribution in [2.75, 3.05) is 18.0 Å². The smallest absolute Gasteiger partial charge is 0.185 e. The van der Waals surface area contributed by atoms with Gasteiger partial charge in [0.25, 0.3) is 0 Å². The molecule has 3 unspecified atom stereocenters. The van der Waals surface area contributed by atoms with Crippen LogP contribution in [0.4, 0.5) is 5.13 Å². The van der Waals surface area contributed by atoms with Crippen molar-refractivity contribution < 1.29 is 0 Å². The molecule has 3 aliphatic rings. The predicted octanol–water partition coefficient (Wildman–Crippen LogP) is 4.78. The SMILES string of the molecule is CC1(C)CCCC2CC(c3csc(N4CCC(N)CC4)n3)CCC21. The monoisotopic (exact) mass is 347 g/mol. The summed E-state index contributed by atoms with van der Waals surface area (Å²) < 4.78 is 0. The molecule has 134 valence electrons. The third-order valence-corrected chi connectivity index (χ3v) is 8.04. The standard InChI is InChI=1S/C20H33N3S/c1-20(2)9-3-4-14-12-15(5-6-17(14)20)18-13-24-19(22-18)23-10-7-16(21)8-11-23/h13-17H,3-12,21H2,1-2H3. The van der Waals surface area contributed by atoms with Gasteiger partial charge >= 0.3 is 0 Å². The van der Waals surface area contributed by atoms with Gasteiger partial charge in [-0.2, -0.15) is 0 Å². The highest BCUT2D eigenvalue weighted by molar-refractivity contribution is 7.13. The van der Waals surface area contributed by atoms with E-state index < -0.39 is 0 Å². The summed E-state index contributed by atoms with van der Waals surface area (Å²) in [5.74, 6) is 2.59. The van der Waals surface area contributed by atoms with Gasteiger partial charge in [0.15, 0.2) is 5.13 Å². The second-order valence-electron chi connectivity index (χ2n) is 9.14. The molecular formula is C20H33N3S. The van der Waals surface area contributed by atoms with Gasteiger partial charge in [0.05, 0.1) is 5.69 Å². The minimum absolute atomic E-state index is 0.394. The number of fused-ring (bicyclic) bond motifs is 1. The van der Waals surface area contributed by atoms with Crippen LogP contribution < -0.4 is 10.6 Å². The highest BCUT2D eigenvalue weighted by atomic mass is 32.1. The fourth-order valence-corrected chi connectivity index (χ4v) is 6.55. The Morgan fingerprint density at radius 1 is 1.17 bits per heavy atom. The molecule has 4 heteroatoms. The van der Waals surface area contributed by atoms with Crippen molar-refractivity contribution in [1.82, 2.24) is 4.98 Å². The van der Waals surface area contributed by atoms with Gasteiger partial charge in [-0.15, -0.1) is 11.3 Å². The normalized spacial score (nSPS) is 34.1. The van der Waals surface area contributed by atoms with Crippen molar-refractivity contribution in [2.24, 2.45) is 23.0 Å². The molecule has 2 heterocycles. The zero-order chi connectivity index (χ0) is 16.7. The van der Waals surface area contributed by atoms with Crippen LogP contribution in [0.15, 0.2) is 5.38 Å². The molecule has 3 nitrogen and oxygen atoms in total. The molecular weight excluding hydrogens is 314 g/mol. The molecule has 3 atom stereocenters. The van der Waals surface area contributed by atoms with Crippen molar-refractivity contribution >= 4 is 16.5 Å². The first-order chi connectivity index (χ1) is 11.5. The number of nitrogens with two attached hydrogens (primary N) is 1. The second-order valence-corrected chi connectivity index (χ2v) is 9.97. The zero-order valence-corrected chi connectivity index (χ0v) is 16.2. The predicted molar refractivity (Wildman–Crippen MR) is 103 cm³/mol. The molecule has 4 rings (SSSR count). The molecule has 0 bridgehead atoms. The Labute approximate surface area is 151 Å². The van der Waals surface area contributed by atoms with Gasteiger partial charge in [0.2, 0.25) is 0 Å². The molecule has 3 fully saturated rings. The van der Waals surface area contributed by atoms with E-state index in [-0.39, 0.29) is 0 Å². The van der Waals surface area contributed by atoms with Crippen molar-refractivity contribution in [1.29, 1.82) is 0 Å². The average molecular weight is 348 g/mol. The Morgan fingerprint density at radius 3 is 2.75 bits per heavy atom. The van der Waals surface area contributed by atoms with E-state index in [4.69, 9.17) is 10.7 Å². The number of thiazole rings is 1. The van der Waals surface area contributed by atoms with E-state index in [1.807, 2.05) is 11.3 Å². The van der Waals surface area contributed by atoms with Crippen LogP contribution in [0.25, 0.3) is 0 Å². The largest absolute Gasteiger partial charge is 0.348 e. The fraction of sp³-hybridized carbons (Fsp3) is 0.850. The van der Waals surface area contributed by atoms with Gasteiger partial charge in [-0.1, -0.05) is 26.7 Å². The van der Waals surface area contributed by atoms with Crippen LogP contribution >= 0.6 is 11.3 Å². The Balaban J connectivity index is 1.42. The lowest BCUT2D eigenvalue weighted by Gasteiger charge is -2.48. The summed E-state index contributed by atoms with van der Waals surface area (Å²) in [6, 6.07) is 0.394. The number of nitrogens with zero attached hydrogens (tertiary/aromatic N) is 2. The minimum atomic E-state index is 0.394. The molecule has 2 saturated carbocycles. The Kier molecular flexibility index (Phi) is 4.63. The van der Waals surface area contributed by atoms with Crippen molar-refractivity contribution in [2.45, 2.75) is 77.2 Å². The molecule has 1 saturated heterocycles. The average Bonchev–Trinajstić information content (AvgIpc) is 3.05. The first-order valence-electron chi connectivity index (χ1n) is 9.99. The summed E-state index contributed by atoms with van der Waals surface area (Å²) in [6.45, 7) is 7.17. The van der Waals surface area contributed by atoms with Crippen LogP contribution in [0.3, 0.4) is 0 Å². The van der Waals surface area contributed by atoms with Gasteiger partial charge in [-0.3, -0.25) is 0 Å². The highest BCUT2D eigenvalue weighted by Crippen LogP contribution is 2.53. The number of aromatic nitrogens is 1. The molecule has 0 amide bonds. The number of hydrogen-bond acceptors (Lipinski definition) is 4. The van der Waals surface area contributed by atoms with E-state index in [2.05, 4.69) is 24.1 Å². The van der Waals surface area contributed by atoms with E-state index in [1.54, 1.807) is 0 Å². The summed E-state index contributed by atoms with van der Waals surface area (Å²) in [5, 5.41) is 3.59. The number of hydrogen-bond donors (Lipinski definition) is 1. The molecule has 2 aliphatic carbocycles. The lowest BCUT2D eigenvalue weighted by Crippen LogP contribution is -2.39. The summed E-state index contributed by atoms with van der Waals surface area (Å²) in [7, 11) is 0. The minimum Gasteiger partial charge on any atom is -0.348 e. The zero-order valence-electron chi connectivity index (χ0n) is 15.3. The molecule has 1 aliphatic heterocycles. The van der Waals surface area contributed by atoms with Crippen LogP contribution in [0.1, 0.15) is 76.8 Å². The third-order valence-electron chi connectivity index (χ3n) is 7.12. The summed E-state index contributed by atoms with van der Waals surface area (Å²) in [5.41, 5.74) is 7.98. The fourth-order valence-electron chi connectivity index (χ4n) is 5.59.